The zero-order valence-corrected chi connectivity index (χ0v) is 9.61. The number of rotatable bonds is 1. The summed E-state index contributed by atoms with van der Waals surface area (Å²) >= 11 is 4.31. The Labute approximate surface area is 79.4 Å². The standard InChI is InChI=1S/C3H4S.C2H5N.U/c1-2-3-4;1-2-3;/h2-3H,1H2;2H,1,3H2;. The number of hydrogen-bond acceptors (Lipinski definition) is 2. The van der Waals surface area contributed by atoms with Crippen LogP contribution in [0.15, 0.2) is 25.4 Å². The molecular weight excluding hydrogens is 344 g/mol. The van der Waals surface area contributed by atoms with Crippen molar-refractivity contribution in [3.63, 3.8) is 0 Å². The third-order valence-electron chi connectivity index (χ3n) is 0.0962. The molecule has 0 aromatic rings. The average molecular weight is 353 g/mol. The minimum atomic E-state index is 0. The Morgan fingerprint density at radius 2 is 1.50 bits per heavy atom. The fourth-order valence-corrected chi connectivity index (χ4v) is 0. The van der Waals surface area contributed by atoms with Crippen molar-refractivity contribution >= 4 is 17.6 Å². The number of hydrogen-bond donors (Lipinski definition) is 1. The Bertz CT molecular complexity index is 57.4. The molecule has 0 atom stereocenters. The van der Waals surface area contributed by atoms with Gasteiger partial charge in [0, 0.05) is 36.5 Å². The quantitative estimate of drug-likeness (QED) is 0.568. The first kappa shape index (κ1) is 15.8. The molecule has 0 spiro atoms. The average Bonchev–Trinajstić information content (AvgIpc) is 1.69. The second kappa shape index (κ2) is 26.1. The van der Waals surface area contributed by atoms with Crippen LogP contribution in [0.4, 0.5) is 0 Å². The van der Waals surface area contributed by atoms with Crippen molar-refractivity contribution in [1.29, 1.82) is 0 Å². The van der Waals surface area contributed by atoms with Crippen LogP contribution in [0.3, 0.4) is 0 Å². The van der Waals surface area contributed by atoms with Gasteiger partial charge in [-0.05, 0) is 6.20 Å². The molecule has 2 N–H and O–H groups in total. The normalized spacial score (nSPS) is 4.00. The van der Waals surface area contributed by atoms with Gasteiger partial charge in [-0.3, -0.25) is 0 Å². The van der Waals surface area contributed by atoms with E-state index in [1.165, 1.54) is 11.6 Å². The minimum absolute atomic E-state index is 0. The molecule has 3 heteroatoms. The Morgan fingerprint density at radius 3 is 1.50 bits per heavy atom. The molecule has 0 saturated heterocycles. The fourth-order valence-electron chi connectivity index (χ4n) is 0. The number of nitrogens with two attached hydrogens (primary N) is 1. The van der Waals surface area contributed by atoms with Crippen LogP contribution in [-0.4, -0.2) is 5.37 Å². The van der Waals surface area contributed by atoms with Crippen molar-refractivity contribution in [3.8, 4) is 0 Å². The first-order chi connectivity index (χ1) is 3.33. The summed E-state index contributed by atoms with van der Waals surface area (Å²) in [7, 11) is 0. The van der Waals surface area contributed by atoms with Crippen LogP contribution in [0.2, 0.25) is 0 Å². The Kier molecular flexibility index (Phi) is 51.6. The molecule has 0 aliphatic heterocycles. The Morgan fingerprint density at radius 1 is 1.38 bits per heavy atom. The zero-order valence-electron chi connectivity index (χ0n) is 4.63. The first-order valence-electron chi connectivity index (χ1n) is 1.72. The summed E-state index contributed by atoms with van der Waals surface area (Å²) in [5, 5.41) is 1.47. The van der Waals surface area contributed by atoms with Crippen LogP contribution < -0.4 is 5.73 Å². The maximum absolute atomic E-state index is 4.61. The summed E-state index contributed by atoms with van der Waals surface area (Å²) in [6.07, 6.45) is 2.81. The smallest absolute Gasteiger partial charge is 0.000759 e. The molecule has 0 amide bonds. The van der Waals surface area contributed by atoms with Crippen LogP contribution in [0.1, 0.15) is 0 Å². The van der Waals surface area contributed by atoms with Gasteiger partial charge in [0.2, 0.25) is 0 Å². The van der Waals surface area contributed by atoms with E-state index < -0.39 is 0 Å². The Hall–Kier alpha value is 0.422. The molecule has 0 saturated carbocycles. The van der Waals surface area contributed by atoms with Crippen molar-refractivity contribution in [2.24, 2.45) is 5.73 Å². The molecule has 0 unspecified atom stereocenters. The van der Waals surface area contributed by atoms with E-state index in [0.29, 0.717) is 0 Å². The van der Waals surface area contributed by atoms with E-state index in [-0.39, 0.29) is 31.1 Å². The van der Waals surface area contributed by atoms with Gasteiger partial charge >= 0.3 is 0 Å². The molecule has 0 heterocycles. The molecular formula is C5H9NSU. The minimum Gasteiger partial charge on any atom is -0.405 e. The van der Waals surface area contributed by atoms with Crippen molar-refractivity contribution < 1.29 is 31.1 Å². The molecule has 0 aromatic carbocycles. The topological polar surface area (TPSA) is 26.0 Å². The molecule has 0 aliphatic carbocycles. The molecule has 8 heavy (non-hydrogen) atoms. The summed E-state index contributed by atoms with van der Waals surface area (Å²) in [5.74, 6) is 0. The van der Waals surface area contributed by atoms with Crippen LogP contribution in [-0.2, 0) is 0 Å². The molecule has 0 aliphatic rings. The van der Waals surface area contributed by atoms with Gasteiger partial charge in [-0.1, -0.05) is 31.5 Å². The van der Waals surface area contributed by atoms with Gasteiger partial charge in [0.15, 0.2) is 0 Å². The van der Waals surface area contributed by atoms with Crippen LogP contribution in [0.25, 0.3) is 0 Å². The SMILES string of the molecule is C=CC=S.C=CN.[U]. The van der Waals surface area contributed by atoms with Gasteiger partial charge in [0.25, 0.3) is 0 Å². The third-order valence-corrected chi connectivity index (χ3v) is 0.289. The first-order valence-corrected chi connectivity index (χ1v) is 2.19. The van der Waals surface area contributed by atoms with E-state index in [2.05, 4.69) is 31.1 Å². The largest absolute Gasteiger partial charge is 0.405 e. The zero-order chi connectivity index (χ0) is 6.12. The predicted octanol–water partition coefficient (Wildman–Crippen LogP) is 1.26. The molecule has 1 nitrogen and oxygen atoms in total. The molecule has 0 radical (unpaired) electrons. The second-order valence-corrected chi connectivity index (χ2v) is 0.880. The van der Waals surface area contributed by atoms with E-state index in [4.69, 9.17) is 0 Å². The van der Waals surface area contributed by atoms with Gasteiger partial charge < -0.3 is 5.73 Å². The van der Waals surface area contributed by atoms with Crippen LogP contribution in [0.5, 0.6) is 0 Å². The molecule has 0 bridgehead atoms. The molecule has 0 aromatic heterocycles. The van der Waals surface area contributed by atoms with E-state index in [1.54, 1.807) is 6.08 Å². The predicted molar refractivity (Wildman–Crippen MR) is 38.2 cm³/mol. The summed E-state index contributed by atoms with van der Waals surface area (Å²) in [6.45, 7) is 6.46. The van der Waals surface area contributed by atoms with E-state index in [0.717, 1.165) is 0 Å². The summed E-state index contributed by atoms with van der Waals surface area (Å²) in [5.41, 5.74) is 4.61. The van der Waals surface area contributed by atoms with Gasteiger partial charge in [-0.15, -0.1) is 0 Å². The molecule has 0 fully saturated rings. The van der Waals surface area contributed by atoms with Gasteiger partial charge in [-0.25, -0.2) is 0 Å². The second-order valence-electron chi connectivity index (χ2n) is 0.607. The number of allylic oxidation sites excluding steroid dienone is 1. The van der Waals surface area contributed by atoms with Gasteiger partial charge in [0.1, 0.15) is 0 Å². The van der Waals surface area contributed by atoms with E-state index in [1.807, 2.05) is 0 Å². The third kappa shape index (κ3) is 93.4. The summed E-state index contributed by atoms with van der Waals surface area (Å²) < 4.78 is 0. The fraction of sp³-hybridized carbons (Fsp3) is 0. The van der Waals surface area contributed by atoms with Gasteiger partial charge in [-0.2, -0.15) is 0 Å². The van der Waals surface area contributed by atoms with Crippen molar-refractivity contribution in [2.75, 3.05) is 0 Å². The van der Waals surface area contributed by atoms with Crippen molar-refractivity contribution in [1.82, 2.24) is 0 Å². The summed E-state index contributed by atoms with van der Waals surface area (Å²) in [4.78, 5) is 0. The maximum Gasteiger partial charge on any atom is 0.000759 e. The monoisotopic (exact) mass is 353 g/mol. The van der Waals surface area contributed by atoms with Crippen LogP contribution >= 0.6 is 12.2 Å². The van der Waals surface area contributed by atoms with Crippen molar-refractivity contribution in [2.45, 2.75) is 0 Å². The van der Waals surface area contributed by atoms with Gasteiger partial charge in [0.05, 0.1) is 0 Å². The number of thiocarbonyl (C=S) groups is 1. The van der Waals surface area contributed by atoms with E-state index >= 15 is 0 Å². The van der Waals surface area contributed by atoms with Crippen LogP contribution in [0, 0.1) is 31.1 Å². The maximum atomic E-state index is 4.61. The molecule has 0 rings (SSSR count). The Balaban J connectivity index is -0.0000000575. The molecule has 44 valence electrons. The van der Waals surface area contributed by atoms with E-state index in [9.17, 15) is 0 Å². The van der Waals surface area contributed by atoms with Crippen molar-refractivity contribution in [3.05, 3.63) is 25.4 Å². The summed E-state index contributed by atoms with van der Waals surface area (Å²) in [6, 6.07) is 0.